The third-order valence-electron chi connectivity index (χ3n) is 2.98. The molecule has 0 aromatic heterocycles. The molecule has 0 spiro atoms. The molecule has 1 atom stereocenters. The predicted octanol–water partition coefficient (Wildman–Crippen LogP) is 1.99. The van der Waals surface area contributed by atoms with E-state index in [0.29, 0.717) is 22.2 Å². The number of guanidine groups is 1. The van der Waals surface area contributed by atoms with Gasteiger partial charge in [-0.3, -0.25) is 19.8 Å². The molecule has 0 radical (unpaired) electrons. The second kappa shape index (κ2) is 4.64. The molecule has 0 unspecified atom stereocenters. The number of carbonyl (C=O) groups is 2. The zero-order valence-corrected chi connectivity index (χ0v) is 11.8. The van der Waals surface area contributed by atoms with Crippen molar-refractivity contribution in [3.63, 3.8) is 0 Å². The minimum absolute atomic E-state index is 0.0407. The van der Waals surface area contributed by atoms with Gasteiger partial charge in [0.2, 0.25) is 18.1 Å². The Morgan fingerprint density at radius 3 is 2.95 bits per heavy atom. The third kappa shape index (κ3) is 2.01. The first-order valence-corrected chi connectivity index (χ1v) is 6.53. The largest absolute Gasteiger partial charge is 0.437 e. The van der Waals surface area contributed by atoms with E-state index in [2.05, 4.69) is 10.3 Å². The van der Waals surface area contributed by atoms with Gasteiger partial charge in [-0.25, -0.2) is 4.99 Å². The average Bonchev–Trinajstić information content (AvgIpc) is 2.73. The molecule has 2 heterocycles. The van der Waals surface area contributed by atoms with Crippen LogP contribution in [0.15, 0.2) is 17.1 Å². The Balaban J connectivity index is 2.16. The van der Waals surface area contributed by atoms with Crippen molar-refractivity contribution in [2.45, 2.75) is 13.2 Å². The maximum absolute atomic E-state index is 11.5. The molecule has 1 aromatic rings. The third-order valence-corrected chi connectivity index (χ3v) is 3.80. The van der Waals surface area contributed by atoms with Crippen molar-refractivity contribution in [1.29, 1.82) is 0 Å². The van der Waals surface area contributed by atoms with E-state index in [0.717, 1.165) is 0 Å². The maximum Gasteiger partial charge on any atom is 0.304 e. The lowest BCUT2D eigenvalue weighted by Gasteiger charge is -2.32. The minimum Gasteiger partial charge on any atom is -0.437 e. The Bertz CT molecular complexity index is 660. The highest BCUT2D eigenvalue weighted by Crippen LogP contribution is 2.43. The Hall–Kier alpha value is -1.79. The molecule has 6 nitrogen and oxygen atoms in total. The lowest BCUT2D eigenvalue weighted by molar-refractivity contribution is -0.154. The van der Waals surface area contributed by atoms with Gasteiger partial charge in [0.15, 0.2) is 0 Å². The standard InChI is InChI=1S/C12H9Cl2N3O3/c1-5(18)20-11-9-7(3-2-6(13)10(9)14)15-12-16-8(19)4-17(11)12/h2-3,11H,4H2,1H3,(H,15,16,19)/t11-/m1/s1. The molecular weight excluding hydrogens is 305 g/mol. The summed E-state index contributed by atoms with van der Waals surface area (Å²) in [5, 5.41) is 3.20. The molecule has 0 aliphatic carbocycles. The number of carbonyl (C=O) groups excluding carboxylic acids is 2. The molecule has 1 fully saturated rings. The topological polar surface area (TPSA) is 71.0 Å². The summed E-state index contributed by atoms with van der Waals surface area (Å²) in [6, 6.07) is 3.26. The van der Waals surface area contributed by atoms with Crippen LogP contribution < -0.4 is 5.32 Å². The van der Waals surface area contributed by atoms with Crippen molar-refractivity contribution < 1.29 is 14.3 Å². The summed E-state index contributed by atoms with van der Waals surface area (Å²) < 4.78 is 5.29. The summed E-state index contributed by atoms with van der Waals surface area (Å²) in [5.74, 6) is -0.374. The number of halogens is 2. The Kier molecular flexibility index (Phi) is 3.07. The summed E-state index contributed by atoms with van der Waals surface area (Å²) in [6.45, 7) is 1.33. The van der Waals surface area contributed by atoms with Gasteiger partial charge in [-0.1, -0.05) is 23.2 Å². The second-order valence-corrected chi connectivity index (χ2v) is 5.15. The highest BCUT2D eigenvalue weighted by molar-refractivity contribution is 6.42. The fraction of sp³-hybridized carbons (Fsp3) is 0.250. The molecule has 20 heavy (non-hydrogen) atoms. The van der Waals surface area contributed by atoms with Crippen LogP contribution in [0.25, 0.3) is 0 Å². The number of amides is 1. The van der Waals surface area contributed by atoms with Crippen LogP contribution >= 0.6 is 23.2 Å². The molecule has 2 aliphatic heterocycles. The molecule has 1 aromatic carbocycles. The van der Waals surface area contributed by atoms with Crippen LogP contribution in [0.4, 0.5) is 5.69 Å². The number of hydrogen-bond donors (Lipinski definition) is 1. The molecule has 104 valence electrons. The minimum atomic E-state index is -0.819. The molecule has 1 saturated heterocycles. The first-order chi connectivity index (χ1) is 9.47. The molecular formula is C12H9Cl2N3O3. The van der Waals surface area contributed by atoms with E-state index < -0.39 is 12.2 Å². The van der Waals surface area contributed by atoms with E-state index in [9.17, 15) is 9.59 Å². The first kappa shape index (κ1) is 13.2. The molecule has 8 heteroatoms. The number of ether oxygens (including phenoxy) is 1. The van der Waals surface area contributed by atoms with E-state index in [-0.39, 0.29) is 17.5 Å². The number of nitrogens with one attached hydrogen (secondary N) is 1. The fourth-order valence-electron chi connectivity index (χ4n) is 2.19. The number of rotatable bonds is 1. The summed E-state index contributed by atoms with van der Waals surface area (Å²) in [7, 11) is 0. The number of fused-ring (bicyclic) bond motifs is 2. The van der Waals surface area contributed by atoms with Gasteiger partial charge in [-0.2, -0.15) is 0 Å². The summed E-state index contributed by atoms with van der Waals surface area (Å²) >= 11 is 12.2. The number of hydrogen-bond acceptors (Lipinski definition) is 5. The normalized spacial score (nSPS) is 19.9. The van der Waals surface area contributed by atoms with Crippen molar-refractivity contribution in [3.8, 4) is 0 Å². The quantitative estimate of drug-likeness (QED) is 0.805. The second-order valence-electron chi connectivity index (χ2n) is 4.37. The van der Waals surface area contributed by atoms with Crippen molar-refractivity contribution in [2.75, 3.05) is 6.54 Å². The van der Waals surface area contributed by atoms with Crippen LogP contribution in [-0.4, -0.2) is 29.3 Å². The monoisotopic (exact) mass is 313 g/mol. The van der Waals surface area contributed by atoms with Crippen LogP contribution in [0.2, 0.25) is 10.0 Å². The average molecular weight is 314 g/mol. The molecule has 1 amide bonds. The molecule has 0 saturated carbocycles. The SMILES string of the molecule is CC(=O)O[C@@H]1c2c(ccc(Cl)c2Cl)N=C2NC(=O)CN21. The smallest absolute Gasteiger partial charge is 0.304 e. The van der Waals surface area contributed by atoms with Gasteiger partial charge >= 0.3 is 5.97 Å². The zero-order valence-electron chi connectivity index (χ0n) is 10.3. The first-order valence-electron chi connectivity index (χ1n) is 5.77. The fourth-order valence-corrected chi connectivity index (χ4v) is 2.61. The Morgan fingerprint density at radius 2 is 2.25 bits per heavy atom. The lowest BCUT2D eigenvalue weighted by Crippen LogP contribution is -2.38. The molecule has 3 rings (SSSR count). The molecule has 2 aliphatic rings. The predicted molar refractivity (Wildman–Crippen MR) is 72.9 cm³/mol. The van der Waals surface area contributed by atoms with E-state index in [4.69, 9.17) is 27.9 Å². The van der Waals surface area contributed by atoms with Gasteiger partial charge in [-0.15, -0.1) is 0 Å². The van der Waals surface area contributed by atoms with Crippen LogP contribution in [0.5, 0.6) is 0 Å². The van der Waals surface area contributed by atoms with E-state index >= 15 is 0 Å². The maximum atomic E-state index is 11.5. The molecule has 1 N–H and O–H groups in total. The van der Waals surface area contributed by atoms with Gasteiger partial charge in [0.1, 0.15) is 6.54 Å². The summed E-state index contributed by atoms with van der Waals surface area (Å²) in [5.41, 5.74) is 0.994. The van der Waals surface area contributed by atoms with Crippen molar-refractivity contribution in [2.24, 2.45) is 4.99 Å². The van der Waals surface area contributed by atoms with Gasteiger partial charge in [0, 0.05) is 6.92 Å². The zero-order chi connectivity index (χ0) is 14.4. The Morgan fingerprint density at radius 1 is 1.50 bits per heavy atom. The lowest BCUT2D eigenvalue weighted by atomic mass is 10.1. The van der Waals surface area contributed by atoms with Crippen LogP contribution in [0.1, 0.15) is 18.7 Å². The van der Waals surface area contributed by atoms with Crippen molar-refractivity contribution >= 4 is 46.7 Å². The summed E-state index contributed by atoms with van der Waals surface area (Å²) in [4.78, 5) is 28.7. The number of nitrogens with zero attached hydrogens (tertiary/aromatic N) is 2. The highest BCUT2D eigenvalue weighted by atomic mass is 35.5. The van der Waals surface area contributed by atoms with Gasteiger partial charge in [0.05, 0.1) is 21.3 Å². The van der Waals surface area contributed by atoms with Crippen molar-refractivity contribution in [1.82, 2.24) is 10.2 Å². The Labute approximate surface area is 124 Å². The van der Waals surface area contributed by atoms with Crippen LogP contribution in [-0.2, 0) is 14.3 Å². The highest BCUT2D eigenvalue weighted by Gasteiger charge is 2.40. The van der Waals surface area contributed by atoms with E-state index in [1.807, 2.05) is 0 Å². The van der Waals surface area contributed by atoms with Crippen molar-refractivity contribution in [3.05, 3.63) is 27.7 Å². The number of esters is 1. The van der Waals surface area contributed by atoms with Gasteiger partial charge < -0.3 is 4.74 Å². The summed E-state index contributed by atoms with van der Waals surface area (Å²) in [6.07, 6.45) is -0.819. The van der Waals surface area contributed by atoms with Crippen LogP contribution in [0.3, 0.4) is 0 Å². The number of benzene rings is 1. The molecule has 0 bridgehead atoms. The van der Waals surface area contributed by atoms with E-state index in [1.165, 1.54) is 11.8 Å². The number of aliphatic imine (C=N–C) groups is 1. The van der Waals surface area contributed by atoms with Crippen LogP contribution in [0, 0.1) is 0 Å². The van der Waals surface area contributed by atoms with Gasteiger partial charge in [-0.05, 0) is 12.1 Å². The van der Waals surface area contributed by atoms with Gasteiger partial charge in [0.25, 0.3) is 0 Å². The van der Waals surface area contributed by atoms with E-state index in [1.54, 1.807) is 12.1 Å².